The molecular weight excluding hydrogens is 268 g/mol. The standard InChI is InChI=1S/C16H24N2O3/c1-11-7-9-12(10-8-11)18(6)14(21)17-16(4,5)15(2,3)13(19)20/h7-10H,1-6H3,(H,17,21)(H,19,20). The van der Waals surface area contributed by atoms with Crippen LogP contribution in [0.2, 0.25) is 0 Å². The van der Waals surface area contributed by atoms with Gasteiger partial charge < -0.3 is 10.4 Å². The second kappa shape index (κ2) is 5.76. The third-order valence-corrected chi connectivity index (χ3v) is 4.24. The highest BCUT2D eigenvalue weighted by atomic mass is 16.4. The summed E-state index contributed by atoms with van der Waals surface area (Å²) < 4.78 is 0. The number of carboxylic acid groups (broad SMARTS) is 1. The molecule has 116 valence electrons. The van der Waals surface area contributed by atoms with Crippen LogP contribution in [0.3, 0.4) is 0 Å². The summed E-state index contributed by atoms with van der Waals surface area (Å²) >= 11 is 0. The van der Waals surface area contributed by atoms with Crippen LogP contribution >= 0.6 is 0 Å². The zero-order valence-electron chi connectivity index (χ0n) is 13.5. The first kappa shape index (κ1) is 17.0. The van der Waals surface area contributed by atoms with Gasteiger partial charge in [-0.3, -0.25) is 9.69 Å². The van der Waals surface area contributed by atoms with E-state index in [4.69, 9.17) is 0 Å². The largest absolute Gasteiger partial charge is 0.481 e. The first-order valence-corrected chi connectivity index (χ1v) is 6.85. The fourth-order valence-electron chi connectivity index (χ4n) is 1.66. The summed E-state index contributed by atoms with van der Waals surface area (Å²) in [5.74, 6) is -0.953. The molecule has 0 aromatic heterocycles. The fourth-order valence-corrected chi connectivity index (χ4v) is 1.66. The molecule has 0 aliphatic rings. The van der Waals surface area contributed by atoms with Gasteiger partial charge in [0.1, 0.15) is 0 Å². The second-order valence-electron chi connectivity index (χ2n) is 6.38. The van der Waals surface area contributed by atoms with Crippen molar-refractivity contribution < 1.29 is 14.7 Å². The van der Waals surface area contributed by atoms with Crippen LogP contribution in [0.1, 0.15) is 33.3 Å². The van der Waals surface area contributed by atoms with Crippen molar-refractivity contribution >= 4 is 17.7 Å². The molecule has 0 bridgehead atoms. The molecule has 0 saturated carbocycles. The fraction of sp³-hybridized carbons (Fsp3) is 0.500. The molecule has 0 fully saturated rings. The van der Waals surface area contributed by atoms with Crippen LogP contribution in [0.4, 0.5) is 10.5 Å². The maximum absolute atomic E-state index is 12.3. The lowest BCUT2D eigenvalue weighted by molar-refractivity contribution is -0.150. The van der Waals surface area contributed by atoms with E-state index in [1.54, 1.807) is 34.7 Å². The number of nitrogens with one attached hydrogen (secondary N) is 1. The predicted molar refractivity (Wildman–Crippen MR) is 83.6 cm³/mol. The zero-order valence-corrected chi connectivity index (χ0v) is 13.5. The molecule has 1 aromatic rings. The van der Waals surface area contributed by atoms with Gasteiger partial charge in [0.05, 0.1) is 11.0 Å². The van der Waals surface area contributed by atoms with Gasteiger partial charge in [-0.05, 0) is 46.8 Å². The number of carbonyl (C=O) groups is 2. The van der Waals surface area contributed by atoms with Gasteiger partial charge in [-0.15, -0.1) is 0 Å². The maximum Gasteiger partial charge on any atom is 0.322 e. The molecule has 0 heterocycles. The third kappa shape index (κ3) is 3.54. The van der Waals surface area contributed by atoms with E-state index in [1.165, 1.54) is 4.90 Å². The summed E-state index contributed by atoms with van der Waals surface area (Å²) in [6, 6.07) is 7.21. The van der Waals surface area contributed by atoms with Crippen molar-refractivity contribution in [1.29, 1.82) is 0 Å². The van der Waals surface area contributed by atoms with Crippen LogP contribution in [0, 0.1) is 12.3 Å². The highest BCUT2D eigenvalue weighted by Crippen LogP contribution is 2.31. The first-order chi connectivity index (χ1) is 9.49. The van der Waals surface area contributed by atoms with E-state index in [1.807, 2.05) is 31.2 Å². The summed E-state index contributed by atoms with van der Waals surface area (Å²) in [5.41, 5.74) is -0.118. The smallest absolute Gasteiger partial charge is 0.322 e. The molecule has 2 amide bonds. The lowest BCUT2D eigenvalue weighted by Crippen LogP contribution is -2.59. The van der Waals surface area contributed by atoms with Gasteiger partial charge in [-0.1, -0.05) is 17.7 Å². The molecule has 0 spiro atoms. The van der Waals surface area contributed by atoms with Crippen molar-refractivity contribution in [2.45, 2.75) is 40.2 Å². The van der Waals surface area contributed by atoms with Crippen LogP contribution in [0.25, 0.3) is 0 Å². The van der Waals surface area contributed by atoms with E-state index in [-0.39, 0.29) is 6.03 Å². The molecule has 1 rings (SSSR count). The highest BCUT2D eigenvalue weighted by Gasteiger charge is 2.44. The van der Waals surface area contributed by atoms with Crippen LogP contribution in [-0.4, -0.2) is 29.7 Å². The number of hydrogen-bond acceptors (Lipinski definition) is 2. The molecule has 5 nitrogen and oxygen atoms in total. The molecule has 0 radical (unpaired) electrons. The van der Waals surface area contributed by atoms with Gasteiger partial charge in [0.15, 0.2) is 0 Å². The number of nitrogens with zero attached hydrogens (tertiary/aromatic N) is 1. The molecule has 0 aliphatic heterocycles. The Morgan fingerprint density at radius 3 is 2.00 bits per heavy atom. The minimum Gasteiger partial charge on any atom is -0.481 e. The van der Waals surface area contributed by atoms with E-state index in [0.29, 0.717) is 0 Å². The van der Waals surface area contributed by atoms with Gasteiger partial charge in [-0.2, -0.15) is 0 Å². The quantitative estimate of drug-likeness (QED) is 0.896. The average Bonchev–Trinajstić information content (AvgIpc) is 2.37. The van der Waals surface area contributed by atoms with Crippen molar-refractivity contribution in [2.24, 2.45) is 5.41 Å². The van der Waals surface area contributed by atoms with Crippen molar-refractivity contribution in [3.05, 3.63) is 29.8 Å². The van der Waals surface area contributed by atoms with E-state index >= 15 is 0 Å². The number of anilines is 1. The average molecular weight is 292 g/mol. The lowest BCUT2D eigenvalue weighted by atomic mass is 9.74. The van der Waals surface area contributed by atoms with E-state index < -0.39 is 16.9 Å². The Bertz CT molecular complexity index is 533. The summed E-state index contributed by atoms with van der Waals surface area (Å²) in [6.07, 6.45) is 0. The number of amides is 2. The van der Waals surface area contributed by atoms with E-state index in [0.717, 1.165) is 11.3 Å². The Kier molecular flexibility index (Phi) is 4.66. The maximum atomic E-state index is 12.3. The number of carboxylic acids is 1. The van der Waals surface area contributed by atoms with E-state index in [2.05, 4.69) is 5.32 Å². The van der Waals surface area contributed by atoms with Crippen molar-refractivity contribution in [3.8, 4) is 0 Å². The Balaban J connectivity index is 2.90. The van der Waals surface area contributed by atoms with Crippen molar-refractivity contribution in [2.75, 3.05) is 11.9 Å². The molecule has 2 N–H and O–H groups in total. The Labute approximate surface area is 126 Å². The van der Waals surface area contributed by atoms with Gasteiger partial charge in [0.25, 0.3) is 0 Å². The Morgan fingerprint density at radius 1 is 1.10 bits per heavy atom. The second-order valence-corrected chi connectivity index (χ2v) is 6.38. The number of hydrogen-bond donors (Lipinski definition) is 2. The number of rotatable bonds is 4. The molecular formula is C16H24N2O3. The number of carbonyl (C=O) groups excluding carboxylic acids is 1. The topological polar surface area (TPSA) is 69.6 Å². The van der Waals surface area contributed by atoms with Crippen LogP contribution in [0.15, 0.2) is 24.3 Å². The molecule has 1 aromatic carbocycles. The summed E-state index contributed by atoms with van der Waals surface area (Å²) in [5, 5.41) is 12.1. The van der Waals surface area contributed by atoms with Gasteiger partial charge >= 0.3 is 12.0 Å². The first-order valence-electron chi connectivity index (χ1n) is 6.85. The monoisotopic (exact) mass is 292 g/mol. The van der Waals surface area contributed by atoms with Crippen LogP contribution < -0.4 is 10.2 Å². The third-order valence-electron chi connectivity index (χ3n) is 4.24. The SMILES string of the molecule is Cc1ccc(N(C)C(=O)NC(C)(C)C(C)(C)C(=O)O)cc1. The van der Waals surface area contributed by atoms with E-state index in [9.17, 15) is 14.7 Å². The Morgan fingerprint density at radius 2 is 1.57 bits per heavy atom. The molecule has 0 atom stereocenters. The lowest BCUT2D eigenvalue weighted by Gasteiger charge is -2.39. The number of benzene rings is 1. The molecule has 0 saturated heterocycles. The number of aliphatic carboxylic acids is 1. The van der Waals surface area contributed by atoms with Crippen molar-refractivity contribution in [1.82, 2.24) is 5.32 Å². The van der Waals surface area contributed by atoms with Crippen LogP contribution in [0.5, 0.6) is 0 Å². The number of urea groups is 1. The predicted octanol–water partition coefficient (Wildman–Crippen LogP) is 3.03. The molecule has 0 unspecified atom stereocenters. The molecule has 5 heteroatoms. The summed E-state index contributed by atoms with van der Waals surface area (Å²) in [7, 11) is 1.66. The summed E-state index contributed by atoms with van der Waals surface area (Å²) in [4.78, 5) is 25.2. The molecule has 21 heavy (non-hydrogen) atoms. The Hall–Kier alpha value is -2.04. The summed E-state index contributed by atoms with van der Waals surface area (Å²) in [6.45, 7) is 8.59. The minimum atomic E-state index is -1.09. The zero-order chi connectivity index (χ0) is 16.4. The minimum absolute atomic E-state index is 0.335. The highest BCUT2D eigenvalue weighted by molar-refractivity contribution is 5.92. The normalized spacial score (nSPS) is 11.9. The van der Waals surface area contributed by atoms with Gasteiger partial charge in [-0.25, -0.2) is 4.79 Å². The van der Waals surface area contributed by atoms with Crippen LogP contribution in [-0.2, 0) is 4.79 Å². The van der Waals surface area contributed by atoms with Gasteiger partial charge in [0, 0.05) is 12.7 Å². The van der Waals surface area contributed by atoms with Crippen molar-refractivity contribution in [3.63, 3.8) is 0 Å². The number of aryl methyl sites for hydroxylation is 1. The molecule has 0 aliphatic carbocycles. The van der Waals surface area contributed by atoms with Gasteiger partial charge in [0.2, 0.25) is 0 Å².